The number of hydrogen-bond donors (Lipinski definition) is 1. The van der Waals surface area contributed by atoms with E-state index in [1.807, 2.05) is 71.9 Å². The van der Waals surface area contributed by atoms with E-state index in [0.717, 1.165) is 54.1 Å². The van der Waals surface area contributed by atoms with Crippen molar-refractivity contribution in [2.45, 2.75) is 89.9 Å². The van der Waals surface area contributed by atoms with Crippen LogP contribution >= 0.6 is 26.5 Å². The van der Waals surface area contributed by atoms with Crippen LogP contribution in [-0.4, -0.2) is 43.5 Å². The normalized spacial score (nSPS) is 15.6. The van der Waals surface area contributed by atoms with E-state index < -0.39 is 20.4 Å². The van der Waals surface area contributed by atoms with E-state index >= 15 is 0 Å². The van der Waals surface area contributed by atoms with Crippen LogP contribution in [0.4, 0.5) is 0 Å². The van der Waals surface area contributed by atoms with Crippen LogP contribution in [0.25, 0.3) is 0 Å². The molecule has 0 aromatic heterocycles. The van der Waals surface area contributed by atoms with Crippen molar-refractivity contribution in [1.29, 1.82) is 0 Å². The van der Waals surface area contributed by atoms with E-state index in [4.69, 9.17) is 9.16 Å². The molecular formula is C36H49BrO6S2+. The third-order valence-electron chi connectivity index (χ3n) is 6.90. The number of rotatable bonds is 15. The molecule has 0 aliphatic heterocycles. The van der Waals surface area contributed by atoms with Gasteiger partial charge in [-0.05, 0) is 94.3 Å². The van der Waals surface area contributed by atoms with E-state index in [0.29, 0.717) is 34.5 Å². The molecule has 3 rings (SSSR count). The highest BCUT2D eigenvalue weighted by molar-refractivity contribution is 9.12. The molecule has 6 nitrogen and oxygen atoms in total. The summed E-state index contributed by atoms with van der Waals surface area (Å²) in [7, 11) is -6.31. The van der Waals surface area contributed by atoms with Gasteiger partial charge in [-0.25, -0.2) is 8.42 Å². The summed E-state index contributed by atoms with van der Waals surface area (Å²) in [5, 5.41) is 0. The minimum atomic E-state index is -3.28. The first-order valence-electron chi connectivity index (χ1n) is 15.6. The largest absolute Gasteiger partial charge is 0.486 e. The Labute approximate surface area is 280 Å². The summed E-state index contributed by atoms with van der Waals surface area (Å²) in [5.41, 5.74) is 4.90. The summed E-state index contributed by atoms with van der Waals surface area (Å²) >= 11 is 3.57. The van der Waals surface area contributed by atoms with Gasteiger partial charge < -0.3 is 4.74 Å². The van der Waals surface area contributed by atoms with Gasteiger partial charge in [0.05, 0.1) is 34.0 Å². The zero-order chi connectivity index (χ0) is 33.3. The predicted molar refractivity (Wildman–Crippen MR) is 188 cm³/mol. The van der Waals surface area contributed by atoms with Crippen LogP contribution in [0, 0.1) is 10.8 Å². The second-order valence-corrected chi connectivity index (χ2v) is 19.0. The Morgan fingerprint density at radius 2 is 1.33 bits per heavy atom. The molecule has 0 fully saturated rings. The van der Waals surface area contributed by atoms with Gasteiger partial charge in [-0.1, -0.05) is 76.1 Å². The van der Waals surface area contributed by atoms with Gasteiger partial charge in [0.15, 0.2) is 15.6 Å². The zero-order valence-electron chi connectivity index (χ0n) is 27.5. The predicted octanol–water partition coefficient (Wildman–Crippen LogP) is 9.33. The van der Waals surface area contributed by atoms with Gasteiger partial charge in [0, 0.05) is 12.5 Å². The maximum atomic E-state index is 12.7. The Hall–Kier alpha value is -2.13. The van der Waals surface area contributed by atoms with E-state index in [1.54, 1.807) is 30.3 Å². The average Bonchev–Trinajstić information content (AvgIpc) is 2.91. The molecule has 2 aromatic carbocycles. The fraction of sp³-hybridized carbons (Fsp3) is 0.500. The van der Waals surface area contributed by atoms with Gasteiger partial charge in [0.1, 0.15) is 4.48 Å². The van der Waals surface area contributed by atoms with Crippen molar-refractivity contribution in [3.63, 3.8) is 0 Å². The number of sulfone groups is 1. The first kappa shape index (κ1) is 37.3. The zero-order valence-corrected chi connectivity index (χ0v) is 30.7. The molecule has 1 radical (unpaired) electrons. The van der Waals surface area contributed by atoms with E-state index in [2.05, 4.69) is 21.7 Å². The Kier molecular flexibility index (Phi) is 13.4. The molecule has 0 amide bonds. The molecular weight excluding hydrogens is 672 g/mol. The lowest BCUT2D eigenvalue weighted by molar-refractivity contribution is -0.456. The average molecular weight is 722 g/mol. The van der Waals surface area contributed by atoms with Crippen LogP contribution in [0.5, 0.6) is 0 Å². The van der Waals surface area contributed by atoms with Gasteiger partial charge in [0.2, 0.25) is 0 Å². The standard InChI is InChI=1S/C36H48BrO6S2/c1-35(2,3)26-44(38,39)31-18-13-28(14-19-31)11-7-9-23-42-30-17-22-34(33(37)25-30)43-24-10-8-12-29-15-20-32(21-16-29)45(40,41)27-36(4,5)6/h13-16,18-22,25H,7-12,23-24,26-27H2,1-6H3/p+1. The molecule has 0 bridgehead atoms. The molecule has 1 aliphatic carbocycles. The SMILES string of the molecule is CC(C)(C)CS([O])(O)c1ccc(CCCCOC2=C=CC(=[O+]CCCCc3ccc(S(=O)(=O)CC(C)(C)C)cc3)C(Br)=C2)cc1. The number of carbonyl (C=O) groups excluding carboxylic acids is 1. The molecule has 1 aliphatic rings. The number of allylic oxidation sites excluding steroid dienone is 2. The smallest absolute Gasteiger partial charge is 0.365 e. The first-order chi connectivity index (χ1) is 20.9. The molecule has 0 saturated carbocycles. The number of hydrogen-bond acceptors (Lipinski definition) is 4. The molecule has 1 atom stereocenters. The molecule has 247 valence electrons. The van der Waals surface area contributed by atoms with E-state index in [1.165, 1.54) is 0 Å². The van der Waals surface area contributed by atoms with Crippen molar-refractivity contribution in [2.24, 2.45) is 10.8 Å². The van der Waals surface area contributed by atoms with E-state index in [-0.39, 0.29) is 22.3 Å². The molecule has 0 spiro atoms. The van der Waals surface area contributed by atoms with Gasteiger partial charge >= 0.3 is 5.78 Å². The van der Waals surface area contributed by atoms with Crippen LogP contribution in [0.1, 0.15) is 78.4 Å². The van der Waals surface area contributed by atoms with Gasteiger partial charge in [-0.2, -0.15) is 0 Å². The topological polar surface area (TPSA) is 94.8 Å². The van der Waals surface area contributed by atoms with Crippen LogP contribution in [-0.2, 0) is 36.4 Å². The Balaban J connectivity index is 1.36. The molecule has 45 heavy (non-hydrogen) atoms. The van der Waals surface area contributed by atoms with Crippen LogP contribution in [0.15, 0.2) is 86.4 Å². The molecule has 0 heterocycles. The van der Waals surface area contributed by atoms with Crippen LogP contribution in [0.3, 0.4) is 0 Å². The van der Waals surface area contributed by atoms with Gasteiger partial charge in [-0.3, -0.25) is 8.98 Å². The summed E-state index contributed by atoms with van der Waals surface area (Å²) < 4.78 is 60.9. The minimum absolute atomic E-state index is 0.130. The van der Waals surface area contributed by atoms with Crippen molar-refractivity contribution >= 4 is 42.1 Å². The third-order valence-corrected chi connectivity index (χ3v) is 12.0. The monoisotopic (exact) mass is 720 g/mol. The number of unbranched alkanes of at least 4 members (excludes halogenated alkanes) is 2. The summed E-state index contributed by atoms with van der Waals surface area (Å²) in [6.07, 6.45) is 9.01. The van der Waals surface area contributed by atoms with Gasteiger partial charge in [0.25, 0.3) is 6.61 Å². The minimum Gasteiger partial charge on any atom is -0.486 e. The highest BCUT2D eigenvalue weighted by atomic mass is 79.9. The van der Waals surface area contributed by atoms with Crippen molar-refractivity contribution in [3.8, 4) is 0 Å². The summed E-state index contributed by atoms with van der Waals surface area (Å²) in [5.74, 6) is 1.74. The number of halogens is 1. The van der Waals surface area contributed by atoms with Crippen molar-refractivity contribution in [1.82, 2.24) is 0 Å². The summed E-state index contributed by atoms with van der Waals surface area (Å²) in [6.45, 7) is 12.8. The van der Waals surface area contributed by atoms with Crippen LogP contribution in [0.2, 0.25) is 0 Å². The molecule has 2 aromatic rings. The highest BCUT2D eigenvalue weighted by Crippen LogP contribution is 2.52. The second-order valence-electron chi connectivity index (χ2n) is 14.1. The number of ketones is 1. The Morgan fingerprint density at radius 3 is 1.87 bits per heavy atom. The summed E-state index contributed by atoms with van der Waals surface area (Å²) in [6, 6.07) is 14.7. The number of aryl methyl sites for hydroxylation is 2. The molecule has 1 N–H and O–H groups in total. The lowest BCUT2D eigenvalue weighted by Gasteiger charge is -2.35. The van der Waals surface area contributed by atoms with E-state index in [9.17, 15) is 17.5 Å². The fourth-order valence-electron chi connectivity index (χ4n) is 4.91. The molecule has 0 saturated heterocycles. The molecule has 1 unspecified atom stereocenters. The van der Waals surface area contributed by atoms with Crippen molar-refractivity contribution in [2.75, 3.05) is 24.7 Å². The fourth-order valence-corrected chi connectivity index (χ4v) is 9.11. The maximum Gasteiger partial charge on any atom is 0.365 e. The lowest BCUT2D eigenvalue weighted by Crippen LogP contribution is -2.20. The van der Waals surface area contributed by atoms with Crippen LogP contribution < -0.4 is 0 Å². The van der Waals surface area contributed by atoms with Crippen molar-refractivity contribution < 1.29 is 26.7 Å². The Bertz CT molecular complexity index is 1500. The quantitative estimate of drug-likeness (QED) is 0.113. The first-order valence-corrected chi connectivity index (χ1v) is 19.7. The Morgan fingerprint density at radius 1 is 0.800 bits per heavy atom. The number of ether oxygens (including phenoxy) is 1. The van der Waals surface area contributed by atoms with Gasteiger partial charge in [-0.15, -0.1) is 10.6 Å². The summed E-state index contributed by atoms with van der Waals surface area (Å²) in [4.78, 5) is 0.876. The third kappa shape index (κ3) is 13.3. The second kappa shape index (κ2) is 16.1. The van der Waals surface area contributed by atoms with Crippen molar-refractivity contribution in [3.05, 3.63) is 87.8 Å². The lowest BCUT2D eigenvalue weighted by atomic mass is 10.0. The maximum absolute atomic E-state index is 12.7. The molecule has 9 heteroatoms. The highest BCUT2D eigenvalue weighted by Gasteiger charge is 2.26. The number of benzene rings is 2.